The molecule has 0 unspecified atom stereocenters. The maximum atomic E-state index is 11.9. The van der Waals surface area contributed by atoms with Crippen molar-refractivity contribution >= 4 is 46.7 Å². The number of nitriles is 1. The lowest BCUT2D eigenvalue weighted by Crippen LogP contribution is -2.35. The van der Waals surface area contributed by atoms with Crippen molar-refractivity contribution in [1.29, 1.82) is 5.26 Å². The van der Waals surface area contributed by atoms with Crippen LogP contribution in [0.15, 0.2) is 35.3 Å². The molecule has 0 aromatic heterocycles. The predicted molar refractivity (Wildman–Crippen MR) is 85.2 cm³/mol. The summed E-state index contributed by atoms with van der Waals surface area (Å²) in [6.07, 6.45) is 5.80. The Balaban J connectivity index is 3.27. The molecule has 1 aliphatic rings. The van der Waals surface area contributed by atoms with Crippen molar-refractivity contribution in [2.45, 2.75) is 11.3 Å². The van der Waals surface area contributed by atoms with Gasteiger partial charge in [0.05, 0.1) is 19.6 Å². The van der Waals surface area contributed by atoms with Crippen molar-refractivity contribution < 1.29 is 19.1 Å². The van der Waals surface area contributed by atoms with E-state index in [1.54, 1.807) is 13.0 Å². The molecule has 9 heteroatoms. The summed E-state index contributed by atoms with van der Waals surface area (Å²) in [4.78, 5) is 24.7. The maximum absolute atomic E-state index is 11.9. The molecule has 23 heavy (non-hydrogen) atoms. The summed E-state index contributed by atoms with van der Waals surface area (Å²) < 4.78 is 7.40. The molecule has 0 N–H and O–H groups in total. The Labute approximate surface area is 148 Å². The number of hydrogen-bond donors (Lipinski definition) is 0. The lowest BCUT2D eigenvalue weighted by atomic mass is 9.85. The van der Waals surface area contributed by atoms with Crippen LogP contribution in [-0.4, -0.2) is 35.4 Å². The Morgan fingerprint density at radius 2 is 1.65 bits per heavy atom. The third-order valence-corrected chi connectivity index (χ3v) is 4.51. The number of ether oxygens (including phenoxy) is 2. The molecule has 0 atom stereocenters. The fourth-order valence-corrected chi connectivity index (χ4v) is 2.15. The highest BCUT2D eigenvalue weighted by molar-refractivity contribution is 6.51. The average molecular weight is 380 g/mol. The molecule has 0 fully saturated rings. The molecular formula is C14H13Cl3N2O4. The van der Waals surface area contributed by atoms with Crippen LogP contribution in [-0.2, 0) is 19.1 Å². The third-order valence-electron chi connectivity index (χ3n) is 3.19. The monoisotopic (exact) mass is 378 g/mol. The molecule has 0 aromatic rings. The van der Waals surface area contributed by atoms with Crippen LogP contribution in [0.1, 0.15) is 6.92 Å². The van der Waals surface area contributed by atoms with Crippen molar-refractivity contribution in [2.75, 3.05) is 14.2 Å². The van der Waals surface area contributed by atoms with E-state index in [0.717, 1.165) is 14.2 Å². The van der Waals surface area contributed by atoms with Crippen LogP contribution < -0.4 is 0 Å². The number of alkyl halides is 2. The molecule has 0 amide bonds. The largest absolute Gasteiger partial charge is 0.465 e. The van der Waals surface area contributed by atoms with Gasteiger partial charge in [-0.1, -0.05) is 47.0 Å². The number of esters is 2. The van der Waals surface area contributed by atoms with E-state index in [0.29, 0.717) is 0 Å². The van der Waals surface area contributed by atoms with Crippen molar-refractivity contribution in [3.63, 3.8) is 0 Å². The van der Waals surface area contributed by atoms with Crippen LogP contribution in [0.3, 0.4) is 0 Å². The second-order valence-corrected chi connectivity index (χ2v) is 6.36. The van der Waals surface area contributed by atoms with Gasteiger partial charge in [-0.15, -0.1) is 0 Å². The quantitative estimate of drug-likeness (QED) is 0.424. The highest BCUT2D eigenvalue weighted by atomic mass is 35.5. The highest BCUT2D eigenvalue weighted by Gasteiger charge is 2.44. The van der Waals surface area contributed by atoms with Crippen LogP contribution in [0.4, 0.5) is 0 Å². The molecule has 0 aromatic carbocycles. The SMILES string of the molecule is COC(=O)/C(Cl)=C(\C(=O)OC)N1C=CC(C)(C(Cl)(Cl)C#N)C=C1. The molecule has 124 valence electrons. The smallest absolute Gasteiger partial charge is 0.356 e. The number of carbonyl (C=O) groups excluding carboxylic acids is 2. The zero-order valence-corrected chi connectivity index (χ0v) is 14.7. The van der Waals surface area contributed by atoms with E-state index in [-0.39, 0.29) is 5.70 Å². The topological polar surface area (TPSA) is 79.6 Å². The summed E-state index contributed by atoms with van der Waals surface area (Å²) >= 11 is 17.8. The van der Waals surface area contributed by atoms with Gasteiger partial charge in [0, 0.05) is 12.4 Å². The van der Waals surface area contributed by atoms with Crippen LogP contribution >= 0.6 is 34.8 Å². The number of methoxy groups -OCH3 is 2. The number of halogens is 3. The lowest BCUT2D eigenvalue weighted by molar-refractivity contribution is -0.139. The van der Waals surface area contributed by atoms with Gasteiger partial charge in [0.1, 0.15) is 6.07 Å². The van der Waals surface area contributed by atoms with Gasteiger partial charge in [-0.25, -0.2) is 9.59 Å². The predicted octanol–water partition coefficient (Wildman–Crippen LogP) is 2.83. The van der Waals surface area contributed by atoms with E-state index in [9.17, 15) is 9.59 Å². The summed E-state index contributed by atoms with van der Waals surface area (Å²) in [5.74, 6) is -1.75. The molecule has 0 aliphatic carbocycles. The molecule has 1 aliphatic heterocycles. The highest BCUT2D eigenvalue weighted by Crippen LogP contribution is 2.44. The number of allylic oxidation sites excluding steroid dienone is 2. The van der Waals surface area contributed by atoms with Gasteiger partial charge in [0.15, 0.2) is 10.7 Å². The number of rotatable bonds is 4. The Hall–Kier alpha value is -1.68. The van der Waals surface area contributed by atoms with Crippen molar-refractivity contribution in [3.05, 3.63) is 35.3 Å². The van der Waals surface area contributed by atoms with E-state index < -0.39 is 26.7 Å². The standard InChI is InChI=1S/C14H13Cl3N2O4/c1-13(14(16,17)8-18)4-6-19(7-5-13)10(12(21)23-3)9(15)11(20)22-2/h4-7H,1-3H3/b10-9-. The molecule has 0 saturated heterocycles. The van der Waals surface area contributed by atoms with E-state index in [2.05, 4.69) is 9.47 Å². The summed E-state index contributed by atoms with van der Waals surface area (Å²) in [5, 5.41) is 8.59. The molecule has 0 radical (unpaired) electrons. The third kappa shape index (κ3) is 3.81. The van der Waals surface area contributed by atoms with Crippen molar-refractivity contribution in [2.24, 2.45) is 5.41 Å². The van der Waals surface area contributed by atoms with Crippen LogP contribution in [0.25, 0.3) is 0 Å². The fraction of sp³-hybridized carbons (Fsp3) is 0.357. The Bertz CT molecular complexity index is 633. The Morgan fingerprint density at radius 3 is 2.04 bits per heavy atom. The van der Waals surface area contributed by atoms with Gasteiger partial charge in [0.25, 0.3) is 0 Å². The minimum Gasteiger partial charge on any atom is -0.465 e. The van der Waals surface area contributed by atoms with E-state index in [1.807, 2.05) is 0 Å². The molecule has 0 spiro atoms. The zero-order valence-electron chi connectivity index (χ0n) is 12.5. The molecule has 1 rings (SSSR count). The normalized spacial score (nSPS) is 17.2. The number of carbonyl (C=O) groups is 2. The summed E-state index contributed by atoms with van der Waals surface area (Å²) in [5.41, 5.74) is -1.26. The first-order valence-corrected chi connectivity index (χ1v) is 7.29. The van der Waals surface area contributed by atoms with Crippen molar-refractivity contribution in [3.8, 4) is 6.07 Å². The number of nitrogens with zero attached hydrogens (tertiary/aromatic N) is 2. The zero-order chi connectivity index (χ0) is 17.8. The Morgan fingerprint density at radius 1 is 1.17 bits per heavy atom. The van der Waals surface area contributed by atoms with E-state index in [1.165, 1.54) is 29.5 Å². The summed E-state index contributed by atoms with van der Waals surface area (Å²) in [6.45, 7) is 1.63. The van der Waals surface area contributed by atoms with Gasteiger partial charge in [-0.2, -0.15) is 5.26 Å². The van der Waals surface area contributed by atoms with Gasteiger partial charge >= 0.3 is 11.9 Å². The van der Waals surface area contributed by atoms with Gasteiger partial charge in [-0.05, 0) is 6.92 Å². The summed E-state index contributed by atoms with van der Waals surface area (Å²) in [7, 11) is 2.27. The number of hydrogen-bond acceptors (Lipinski definition) is 6. The molecule has 6 nitrogen and oxygen atoms in total. The minimum atomic E-state index is -1.71. The average Bonchev–Trinajstić information content (AvgIpc) is 2.55. The molecule has 0 bridgehead atoms. The molecule has 1 heterocycles. The first-order valence-electron chi connectivity index (χ1n) is 6.16. The van der Waals surface area contributed by atoms with E-state index >= 15 is 0 Å². The molecule has 0 saturated carbocycles. The van der Waals surface area contributed by atoms with Crippen LogP contribution in [0, 0.1) is 16.7 Å². The van der Waals surface area contributed by atoms with Crippen LogP contribution in [0.2, 0.25) is 0 Å². The Kier molecular flexibility index (Phi) is 6.11. The van der Waals surface area contributed by atoms with Gasteiger partial charge in [0.2, 0.25) is 4.33 Å². The summed E-state index contributed by atoms with van der Waals surface area (Å²) in [6, 6.07) is 1.79. The van der Waals surface area contributed by atoms with E-state index in [4.69, 9.17) is 40.1 Å². The second-order valence-electron chi connectivity index (χ2n) is 4.65. The second kappa shape index (κ2) is 7.26. The van der Waals surface area contributed by atoms with Gasteiger partial charge in [-0.3, -0.25) is 0 Å². The minimum absolute atomic E-state index is 0.248. The maximum Gasteiger partial charge on any atom is 0.356 e. The fourth-order valence-electron chi connectivity index (χ4n) is 1.65. The molecular weight excluding hydrogens is 367 g/mol. The van der Waals surface area contributed by atoms with Crippen molar-refractivity contribution in [1.82, 2.24) is 4.90 Å². The van der Waals surface area contributed by atoms with Crippen LogP contribution in [0.5, 0.6) is 0 Å². The first kappa shape index (κ1) is 19.4. The van der Waals surface area contributed by atoms with Gasteiger partial charge < -0.3 is 14.4 Å². The first-order chi connectivity index (χ1) is 10.6. The lowest BCUT2D eigenvalue weighted by Gasteiger charge is -2.34.